The van der Waals surface area contributed by atoms with Crippen LogP contribution in [0.15, 0.2) is 52.9 Å². The fraction of sp³-hybridized carbons (Fsp3) is 0.433. The first-order valence-electron chi connectivity index (χ1n) is 13.7. The molecule has 0 radical (unpaired) electrons. The van der Waals surface area contributed by atoms with E-state index in [1.807, 2.05) is 50.4 Å². The van der Waals surface area contributed by atoms with Crippen molar-refractivity contribution in [2.24, 2.45) is 0 Å². The van der Waals surface area contributed by atoms with Gasteiger partial charge in [-0.25, -0.2) is 4.79 Å². The smallest absolute Gasteiger partial charge is 0.335 e. The van der Waals surface area contributed by atoms with Gasteiger partial charge in [0.05, 0.1) is 23.5 Å². The highest BCUT2D eigenvalue weighted by Crippen LogP contribution is 2.34. The van der Waals surface area contributed by atoms with Crippen molar-refractivity contribution in [2.75, 3.05) is 63.2 Å². The van der Waals surface area contributed by atoms with Gasteiger partial charge in [0.2, 0.25) is 0 Å². The molecular formula is C30H37ClN4O5. The summed E-state index contributed by atoms with van der Waals surface area (Å²) in [5, 5.41) is 13.5. The number of aromatic carboxylic acids is 1. The summed E-state index contributed by atoms with van der Waals surface area (Å²) in [5.74, 6) is 1.60. The predicted molar refractivity (Wildman–Crippen MR) is 156 cm³/mol. The number of benzene rings is 2. The largest absolute Gasteiger partial charge is 0.485 e. The molecule has 4 heterocycles. The van der Waals surface area contributed by atoms with Gasteiger partial charge in [-0.15, -0.1) is 0 Å². The number of nitrogens with one attached hydrogen (secondary N) is 1. The molecule has 3 aromatic rings. The molecule has 0 spiro atoms. The zero-order chi connectivity index (χ0) is 28.1. The van der Waals surface area contributed by atoms with Crippen LogP contribution >= 0.6 is 11.6 Å². The Hall–Kier alpha value is -3.24. The lowest BCUT2D eigenvalue weighted by Gasteiger charge is -2.36. The molecule has 1 atom stereocenters. The molecule has 0 bridgehead atoms. The Morgan fingerprint density at radius 1 is 1.07 bits per heavy atom. The van der Waals surface area contributed by atoms with Crippen LogP contribution in [0.1, 0.15) is 33.9 Å². The average molecular weight is 569 g/mol. The maximum absolute atomic E-state index is 11.3. The van der Waals surface area contributed by atoms with Crippen LogP contribution in [0.4, 0.5) is 11.4 Å². The summed E-state index contributed by atoms with van der Waals surface area (Å²) in [5.41, 5.74) is 3.15. The van der Waals surface area contributed by atoms with Gasteiger partial charge in [0.1, 0.15) is 30.0 Å². The molecule has 0 aliphatic carbocycles. The number of carboxylic acids is 1. The van der Waals surface area contributed by atoms with Gasteiger partial charge in [-0.3, -0.25) is 9.80 Å². The van der Waals surface area contributed by atoms with Crippen LogP contribution in [0.5, 0.6) is 5.75 Å². The minimum absolute atomic E-state index is 0.117. The second-order valence-corrected chi connectivity index (χ2v) is 10.8. The number of carbonyl (C=O) groups is 1. The number of furan rings is 1. The molecular weight excluding hydrogens is 532 g/mol. The quantitative estimate of drug-likeness (QED) is 0.392. The minimum Gasteiger partial charge on any atom is -0.485 e. The molecule has 2 saturated heterocycles. The zero-order valence-electron chi connectivity index (χ0n) is 23.1. The minimum atomic E-state index is -0.904. The maximum atomic E-state index is 11.3. The van der Waals surface area contributed by atoms with Gasteiger partial charge >= 0.3 is 5.97 Å². The first-order valence-corrected chi connectivity index (χ1v) is 14.1. The number of piperazine rings is 1. The number of anilines is 2. The van der Waals surface area contributed by atoms with Crippen molar-refractivity contribution in [1.29, 1.82) is 0 Å². The van der Waals surface area contributed by atoms with E-state index < -0.39 is 5.97 Å². The highest BCUT2D eigenvalue weighted by molar-refractivity contribution is 6.31. The second-order valence-electron chi connectivity index (χ2n) is 10.4. The number of halogens is 1. The topological polar surface area (TPSA) is 90.7 Å². The van der Waals surface area contributed by atoms with Crippen LogP contribution in [-0.4, -0.2) is 80.0 Å². The molecule has 40 heavy (non-hydrogen) atoms. The molecule has 3 aliphatic rings. The van der Waals surface area contributed by atoms with Crippen molar-refractivity contribution in [3.8, 4) is 5.75 Å². The molecule has 2 fully saturated rings. The standard InChI is InChI=1S/C27H31ClN4O4.C3H6O/c1-18-22(28)4-3-5-25(18)35-17-21-8-7-20(36-21)15-31-10-12-32(13-11-31)16-26-29-23-9-6-19(27(33)34)14-24(23)30(26)2;1-2-4-3-1/h3-9,14,26,29H,10-13,15-17H2,1-2H3,(H,33,34);1-3H2. The van der Waals surface area contributed by atoms with E-state index in [1.165, 1.54) is 6.42 Å². The van der Waals surface area contributed by atoms with Crippen molar-refractivity contribution in [3.63, 3.8) is 0 Å². The van der Waals surface area contributed by atoms with Crippen LogP contribution < -0.4 is 15.0 Å². The zero-order valence-corrected chi connectivity index (χ0v) is 23.8. The summed E-state index contributed by atoms with van der Waals surface area (Å²) in [6, 6.07) is 14.9. The van der Waals surface area contributed by atoms with Crippen molar-refractivity contribution in [1.82, 2.24) is 9.80 Å². The van der Waals surface area contributed by atoms with E-state index in [0.29, 0.717) is 17.2 Å². The number of fused-ring (bicyclic) bond motifs is 1. The highest BCUT2D eigenvalue weighted by Gasteiger charge is 2.29. The SMILES string of the molecule is C1COC1.Cc1c(Cl)cccc1OCc1ccc(CN2CCN(CC3Nc4ccc(C(=O)O)cc4N3C)CC2)o1. The Morgan fingerprint density at radius 2 is 1.77 bits per heavy atom. The number of carboxylic acid groups (broad SMARTS) is 1. The number of ether oxygens (including phenoxy) is 2. The Labute approximate surface area is 240 Å². The number of hydrogen-bond donors (Lipinski definition) is 2. The first-order chi connectivity index (χ1) is 19.4. The summed E-state index contributed by atoms with van der Waals surface area (Å²) in [7, 11) is 2.01. The molecule has 214 valence electrons. The molecule has 1 unspecified atom stereocenters. The number of hydrogen-bond acceptors (Lipinski definition) is 8. The lowest BCUT2D eigenvalue weighted by molar-refractivity contribution is 0.0367. The van der Waals surface area contributed by atoms with Crippen LogP contribution in [0.2, 0.25) is 5.02 Å². The molecule has 2 N–H and O–H groups in total. The molecule has 3 aliphatic heterocycles. The Bertz CT molecular complexity index is 1300. The van der Waals surface area contributed by atoms with Gasteiger partial charge in [-0.1, -0.05) is 17.7 Å². The molecule has 2 aromatic carbocycles. The van der Waals surface area contributed by atoms with Crippen LogP contribution in [0, 0.1) is 6.92 Å². The van der Waals surface area contributed by atoms with E-state index in [9.17, 15) is 9.90 Å². The Balaban J connectivity index is 0.000000741. The van der Waals surface area contributed by atoms with Crippen molar-refractivity contribution >= 4 is 28.9 Å². The van der Waals surface area contributed by atoms with Crippen molar-refractivity contribution in [2.45, 2.75) is 32.7 Å². The third-order valence-electron chi connectivity index (χ3n) is 7.57. The third kappa shape index (κ3) is 6.90. The van der Waals surface area contributed by atoms with E-state index in [2.05, 4.69) is 20.0 Å². The summed E-state index contributed by atoms with van der Waals surface area (Å²) in [4.78, 5) is 18.3. The normalized spacial score (nSPS) is 18.8. The van der Waals surface area contributed by atoms with E-state index in [-0.39, 0.29) is 6.17 Å². The number of nitrogens with zero attached hydrogens (tertiary/aromatic N) is 3. The highest BCUT2D eigenvalue weighted by atomic mass is 35.5. The number of likely N-dealkylation sites (N-methyl/N-ethyl adjacent to an activating group) is 1. The monoisotopic (exact) mass is 568 g/mol. The van der Waals surface area contributed by atoms with Gasteiger partial charge in [-0.05, 0) is 55.8 Å². The molecule has 0 saturated carbocycles. The summed E-state index contributed by atoms with van der Waals surface area (Å²) in [6.07, 6.45) is 1.39. The second kappa shape index (κ2) is 13.0. The van der Waals surface area contributed by atoms with Crippen LogP contribution in [-0.2, 0) is 17.9 Å². The summed E-state index contributed by atoms with van der Waals surface area (Å²) in [6.45, 7) is 9.80. The molecule has 10 heteroatoms. The van der Waals surface area contributed by atoms with E-state index in [1.54, 1.807) is 12.1 Å². The van der Waals surface area contributed by atoms with Gasteiger partial charge in [0, 0.05) is 63.6 Å². The van der Waals surface area contributed by atoms with Gasteiger partial charge in [0.25, 0.3) is 0 Å². The Morgan fingerprint density at radius 3 is 2.48 bits per heavy atom. The van der Waals surface area contributed by atoms with Crippen molar-refractivity contribution < 1.29 is 23.8 Å². The van der Waals surface area contributed by atoms with E-state index in [4.69, 9.17) is 25.5 Å². The molecule has 6 rings (SSSR count). The number of rotatable bonds is 8. The third-order valence-corrected chi connectivity index (χ3v) is 7.98. The van der Waals surface area contributed by atoms with Gasteiger partial charge < -0.3 is 29.2 Å². The van der Waals surface area contributed by atoms with E-state index in [0.717, 1.165) is 86.7 Å². The maximum Gasteiger partial charge on any atom is 0.335 e. The van der Waals surface area contributed by atoms with E-state index >= 15 is 0 Å². The first kappa shape index (κ1) is 28.3. The fourth-order valence-electron chi connectivity index (χ4n) is 4.91. The average Bonchev–Trinajstić information content (AvgIpc) is 3.48. The lowest BCUT2D eigenvalue weighted by atomic mass is 10.2. The predicted octanol–water partition coefficient (Wildman–Crippen LogP) is 4.93. The molecule has 9 nitrogen and oxygen atoms in total. The van der Waals surface area contributed by atoms with Crippen LogP contribution in [0.3, 0.4) is 0 Å². The lowest BCUT2D eigenvalue weighted by Crippen LogP contribution is -2.51. The molecule has 1 aromatic heterocycles. The fourth-order valence-corrected chi connectivity index (χ4v) is 5.07. The molecule has 0 amide bonds. The van der Waals surface area contributed by atoms with Gasteiger partial charge in [0.15, 0.2) is 0 Å². The van der Waals surface area contributed by atoms with Gasteiger partial charge in [-0.2, -0.15) is 0 Å². The summed E-state index contributed by atoms with van der Waals surface area (Å²) < 4.78 is 16.6. The van der Waals surface area contributed by atoms with Crippen LogP contribution in [0.25, 0.3) is 0 Å². The Kier molecular flexibility index (Phi) is 9.16. The van der Waals surface area contributed by atoms with Crippen molar-refractivity contribution in [3.05, 3.63) is 76.2 Å². The summed E-state index contributed by atoms with van der Waals surface area (Å²) >= 11 is 6.17.